The number of carboxylic acid groups (broad SMARTS) is 1. The van der Waals surface area contributed by atoms with Gasteiger partial charge < -0.3 is 10.4 Å². The molecular weight excluding hydrogens is 300 g/mol. The molecule has 0 atom stereocenters. The fourth-order valence-corrected chi connectivity index (χ4v) is 2.47. The topological polar surface area (TPSA) is 130 Å². The van der Waals surface area contributed by atoms with Crippen molar-refractivity contribution in [2.75, 3.05) is 13.1 Å². The Labute approximate surface area is 122 Å². The lowest BCUT2D eigenvalue weighted by Crippen LogP contribution is -2.30. The van der Waals surface area contributed by atoms with Gasteiger partial charge in [-0.15, -0.1) is 0 Å². The van der Waals surface area contributed by atoms with Crippen molar-refractivity contribution in [3.8, 4) is 0 Å². The summed E-state index contributed by atoms with van der Waals surface area (Å²) >= 11 is 0. The summed E-state index contributed by atoms with van der Waals surface area (Å²) < 4.78 is 27.3. The Hall–Kier alpha value is -1.94. The average molecular weight is 318 g/mol. The largest absolute Gasteiger partial charge is 0.481 e. The predicted octanol–water partition coefficient (Wildman–Crippen LogP) is -0.838. The summed E-state index contributed by atoms with van der Waals surface area (Å²) in [5, 5.41) is 14.9. The Morgan fingerprint density at radius 1 is 1.38 bits per heavy atom. The van der Waals surface area contributed by atoms with Gasteiger partial charge in [-0.3, -0.25) is 14.3 Å². The highest BCUT2D eigenvalue weighted by Crippen LogP contribution is 2.07. The quantitative estimate of drug-likeness (QED) is 0.544. The van der Waals surface area contributed by atoms with Gasteiger partial charge >= 0.3 is 5.97 Å². The van der Waals surface area contributed by atoms with Crippen molar-refractivity contribution in [1.29, 1.82) is 0 Å². The van der Waals surface area contributed by atoms with E-state index in [1.165, 1.54) is 10.9 Å². The van der Waals surface area contributed by atoms with Gasteiger partial charge in [0.05, 0.1) is 19.2 Å². The number of aromatic nitrogens is 2. The molecule has 21 heavy (non-hydrogen) atoms. The van der Waals surface area contributed by atoms with Gasteiger partial charge in [-0.2, -0.15) is 5.10 Å². The van der Waals surface area contributed by atoms with Crippen LogP contribution in [0, 0.1) is 0 Å². The Kier molecular flexibility index (Phi) is 6.31. The van der Waals surface area contributed by atoms with Crippen LogP contribution >= 0.6 is 0 Å². The predicted molar refractivity (Wildman–Crippen MR) is 73.0 cm³/mol. The Bertz CT molecular complexity index is 596. The van der Waals surface area contributed by atoms with Crippen LogP contribution in [0.25, 0.3) is 0 Å². The van der Waals surface area contributed by atoms with Crippen LogP contribution in [0.4, 0.5) is 0 Å². The molecule has 0 spiro atoms. The summed E-state index contributed by atoms with van der Waals surface area (Å²) in [5.74, 6) is -1.23. The van der Waals surface area contributed by atoms with Gasteiger partial charge in [0.2, 0.25) is 15.9 Å². The van der Waals surface area contributed by atoms with Crippen LogP contribution in [0.3, 0.4) is 0 Å². The van der Waals surface area contributed by atoms with Crippen molar-refractivity contribution in [2.45, 2.75) is 31.2 Å². The third kappa shape index (κ3) is 5.92. The number of carboxylic acids is 1. The fourth-order valence-electron chi connectivity index (χ4n) is 1.48. The minimum Gasteiger partial charge on any atom is -0.481 e. The van der Waals surface area contributed by atoms with Gasteiger partial charge in [-0.1, -0.05) is 0 Å². The number of carbonyl (C=O) groups excluding carboxylic acids is 1. The summed E-state index contributed by atoms with van der Waals surface area (Å²) in [5.41, 5.74) is 0. The van der Waals surface area contributed by atoms with E-state index in [0.29, 0.717) is 6.54 Å². The molecule has 10 heteroatoms. The van der Waals surface area contributed by atoms with Crippen LogP contribution in [0.5, 0.6) is 0 Å². The van der Waals surface area contributed by atoms with Crippen LogP contribution in [0.1, 0.15) is 19.8 Å². The molecule has 0 bridgehead atoms. The van der Waals surface area contributed by atoms with E-state index in [1.54, 1.807) is 6.92 Å². The molecule has 1 rings (SSSR count). The van der Waals surface area contributed by atoms with E-state index >= 15 is 0 Å². The van der Waals surface area contributed by atoms with E-state index in [0.717, 1.165) is 6.20 Å². The first-order valence-electron chi connectivity index (χ1n) is 6.35. The summed E-state index contributed by atoms with van der Waals surface area (Å²) in [6, 6.07) is 0. The van der Waals surface area contributed by atoms with Crippen molar-refractivity contribution < 1.29 is 23.1 Å². The molecule has 9 nitrogen and oxygen atoms in total. The molecule has 0 aliphatic heterocycles. The lowest BCUT2D eigenvalue weighted by Gasteiger charge is -2.04. The number of rotatable bonds is 9. The SMILES string of the molecule is CCNC(=O)CCNS(=O)(=O)c1cnn(CCC(=O)O)c1. The number of hydrogen-bond acceptors (Lipinski definition) is 5. The van der Waals surface area contributed by atoms with Gasteiger partial charge in [0, 0.05) is 25.7 Å². The molecule has 0 aliphatic rings. The number of aryl methyl sites for hydroxylation is 1. The molecule has 0 saturated heterocycles. The summed E-state index contributed by atoms with van der Waals surface area (Å²) in [6.45, 7) is 2.33. The number of carbonyl (C=O) groups is 2. The van der Waals surface area contributed by atoms with Gasteiger partial charge in [0.25, 0.3) is 0 Å². The van der Waals surface area contributed by atoms with Gasteiger partial charge in [-0.05, 0) is 6.92 Å². The fraction of sp³-hybridized carbons (Fsp3) is 0.545. The van der Waals surface area contributed by atoms with Gasteiger partial charge in [-0.25, -0.2) is 13.1 Å². The van der Waals surface area contributed by atoms with Crippen LogP contribution in [-0.2, 0) is 26.2 Å². The summed E-state index contributed by atoms with van der Waals surface area (Å²) in [4.78, 5) is 21.6. The second kappa shape index (κ2) is 7.74. The van der Waals surface area contributed by atoms with Crippen molar-refractivity contribution in [1.82, 2.24) is 19.8 Å². The number of hydrogen-bond donors (Lipinski definition) is 3. The van der Waals surface area contributed by atoms with E-state index < -0.39 is 16.0 Å². The molecule has 3 N–H and O–H groups in total. The zero-order chi connectivity index (χ0) is 15.9. The lowest BCUT2D eigenvalue weighted by atomic mass is 10.4. The maximum atomic E-state index is 11.9. The van der Waals surface area contributed by atoms with Crippen molar-refractivity contribution in [3.05, 3.63) is 12.4 Å². The molecule has 1 aromatic heterocycles. The smallest absolute Gasteiger partial charge is 0.305 e. The molecule has 1 aromatic rings. The molecule has 0 aromatic carbocycles. The first kappa shape index (κ1) is 17.1. The van der Waals surface area contributed by atoms with Gasteiger partial charge in [0.1, 0.15) is 4.90 Å². The van der Waals surface area contributed by atoms with E-state index in [9.17, 15) is 18.0 Å². The Morgan fingerprint density at radius 2 is 2.10 bits per heavy atom. The molecule has 0 saturated carbocycles. The molecule has 1 amide bonds. The average Bonchev–Trinajstić information content (AvgIpc) is 2.86. The normalized spacial score (nSPS) is 11.3. The van der Waals surface area contributed by atoms with E-state index in [-0.39, 0.29) is 36.7 Å². The minimum absolute atomic E-state index is 0.0194. The van der Waals surface area contributed by atoms with Crippen molar-refractivity contribution in [3.63, 3.8) is 0 Å². The Balaban J connectivity index is 2.54. The van der Waals surface area contributed by atoms with Crippen molar-refractivity contribution in [2.24, 2.45) is 0 Å². The van der Waals surface area contributed by atoms with Gasteiger partial charge in [0.15, 0.2) is 0 Å². The molecule has 118 valence electrons. The van der Waals surface area contributed by atoms with Crippen molar-refractivity contribution >= 4 is 21.9 Å². The third-order valence-electron chi connectivity index (χ3n) is 2.49. The molecular formula is C11H18N4O5S. The lowest BCUT2D eigenvalue weighted by molar-refractivity contribution is -0.137. The van der Waals surface area contributed by atoms with E-state index in [4.69, 9.17) is 5.11 Å². The van der Waals surface area contributed by atoms with Crippen LogP contribution in [0.2, 0.25) is 0 Å². The minimum atomic E-state index is -3.75. The third-order valence-corrected chi connectivity index (χ3v) is 3.91. The van der Waals surface area contributed by atoms with E-state index in [1.807, 2.05) is 0 Å². The molecule has 0 radical (unpaired) electrons. The zero-order valence-corrected chi connectivity index (χ0v) is 12.4. The number of aliphatic carboxylic acids is 1. The molecule has 0 fully saturated rings. The Morgan fingerprint density at radius 3 is 2.71 bits per heavy atom. The van der Waals surface area contributed by atoms with Crippen LogP contribution in [0.15, 0.2) is 17.3 Å². The number of amides is 1. The number of sulfonamides is 1. The maximum Gasteiger partial charge on any atom is 0.305 e. The second-order valence-electron chi connectivity index (χ2n) is 4.18. The van der Waals surface area contributed by atoms with Crippen LogP contribution < -0.4 is 10.0 Å². The highest BCUT2D eigenvalue weighted by Gasteiger charge is 2.16. The monoisotopic (exact) mass is 318 g/mol. The molecule has 0 aliphatic carbocycles. The molecule has 0 unspecified atom stereocenters. The highest BCUT2D eigenvalue weighted by molar-refractivity contribution is 7.89. The summed E-state index contributed by atoms with van der Waals surface area (Å²) in [6.07, 6.45) is 2.28. The standard InChI is InChI=1S/C11H18N4O5S/c1-2-12-10(16)3-5-14-21(19,20)9-7-13-15(8-9)6-4-11(17)18/h7-8,14H,2-6H2,1H3,(H,12,16)(H,17,18). The first-order chi connectivity index (χ1) is 9.85. The van der Waals surface area contributed by atoms with Crippen LogP contribution in [-0.4, -0.2) is 48.3 Å². The summed E-state index contributed by atoms with van der Waals surface area (Å²) in [7, 11) is -3.75. The van der Waals surface area contributed by atoms with E-state index in [2.05, 4.69) is 15.1 Å². The zero-order valence-electron chi connectivity index (χ0n) is 11.6. The highest BCUT2D eigenvalue weighted by atomic mass is 32.2. The number of nitrogens with one attached hydrogen (secondary N) is 2. The maximum absolute atomic E-state index is 11.9. The molecule has 1 heterocycles. The first-order valence-corrected chi connectivity index (χ1v) is 7.84. The second-order valence-corrected chi connectivity index (χ2v) is 5.95. The number of nitrogens with zero attached hydrogens (tertiary/aromatic N) is 2.